The molecule has 1 aromatic rings. The topological polar surface area (TPSA) is 47.9 Å². The van der Waals surface area contributed by atoms with Crippen LogP contribution in [0, 0.1) is 0 Å². The molecule has 23 heavy (non-hydrogen) atoms. The highest BCUT2D eigenvalue weighted by Gasteiger charge is 2.20. The van der Waals surface area contributed by atoms with Crippen molar-refractivity contribution in [2.75, 3.05) is 7.11 Å². The van der Waals surface area contributed by atoms with E-state index in [1.165, 1.54) is 0 Å². The van der Waals surface area contributed by atoms with Gasteiger partial charge in [0, 0.05) is 7.11 Å². The molecule has 0 saturated carbocycles. The molecule has 0 bridgehead atoms. The van der Waals surface area contributed by atoms with Gasteiger partial charge in [-0.25, -0.2) is 9.78 Å². The van der Waals surface area contributed by atoms with E-state index in [0.29, 0.717) is 0 Å². The van der Waals surface area contributed by atoms with E-state index in [1.54, 1.807) is 27.0 Å². The van der Waals surface area contributed by atoms with Crippen molar-refractivity contribution in [3.63, 3.8) is 0 Å². The average Bonchev–Trinajstić information content (AvgIpc) is 2.57. The van der Waals surface area contributed by atoms with Gasteiger partial charge in [-0.1, -0.05) is 68.7 Å². The molecule has 0 aliphatic heterocycles. The van der Waals surface area contributed by atoms with Crippen LogP contribution in [-0.4, -0.2) is 24.1 Å². The molecule has 0 radical (unpaired) electrons. The first-order valence-electron chi connectivity index (χ1n) is 8.29. The van der Waals surface area contributed by atoms with Crippen LogP contribution in [-0.2, 0) is 14.5 Å². The van der Waals surface area contributed by atoms with Crippen LogP contribution in [0.25, 0.3) is 0 Å². The third-order valence-electron chi connectivity index (χ3n) is 3.61. The fraction of sp³-hybridized carbons (Fsp3) is 0.579. The Balaban J connectivity index is 2.61. The molecule has 1 aromatic carbocycles. The monoisotopic (exact) mass is 322 g/mol. The predicted octanol–water partition coefficient (Wildman–Crippen LogP) is 4.56. The van der Waals surface area contributed by atoms with E-state index < -0.39 is 11.9 Å². The Hall–Kier alpha value is -1.20. The van der Waals surface area contributed by atoms with Gasteiger partial charge in [-0.15, -0.1) is 0 Å². The Morgan fingerprint density at radius 1 is 1.13 bits per heavy atom. The summed E-state index contributed by atoms with van der Waals surface area (Å²) in [5, 5.41) is 10.2. The zero-order valence-corrected chi connectivity index (χ0v) is 14.7. The normalized spacial score (nSPS) is 15.0. The summed E-state index contributed by atoms with van der Waals surface area (Å²) in [6, 6.07) is 9.54. The van der Waals surface area contributed by atoms with Crippen LogP contribution in [0.4, 0.5) is 0 Å². The molecule has 130 valence electrons. The molecule has 1 rings (SSSR count). The first-order chi connectivity index (χ1) is 11.0. The van der Waals surface area contributed by atoms with Crippen LogP contribution in [0.1, 0.15) is 58.1 Å². The van der Waals surface area contributed by atoms with Crippen molar-refractivity contribution in [3.8, 4) is 0 Å². The molecule has 2 atom stereocenters. The standard InChI is InChI=1S/C19H30O4/c1-5-6-8-13-17(22-23-19(2,3)21-4)14-15-18(20)16-11-9-7-10-12-16/h7,9-12,14-15,17-18,20H,5-6,8,13H2,1-4H3/b15-14+/t17-,18-/m0/s1. The molecule has 4 nitrogen and oxygen atoms in total. The number of methoxy groups -OCH3 is 1. The van der Waals surface area contributed by atoms with Gasteiger partial charge in [0.25, 0.3) is 0 Å². The van der Waals surface area contributed by atoms with E-state index >= 15 is 0 Å². The molecule has 0 aromatic heterocycles. The van der Waals surface area contributed by atoms with Gasteiger partial charge in [0.15, 0.2) is 5.79 Å². The Kier molecular flexibility index (Phi) is 9.10. The van der Waals surface area contributed by atoms with Crippen molar-refractivity contribution in [1.82, 2.24) is 0 Å². The van der Waals surface area contributed by atoms with Crippen LogP contribution >= 0.6 is 0 Å². The lowest BCUT2D eigenvalue weighted by Gasteiger charge is -2.24. The molecule has 0 fully saturated rings. The number of benzene rings is 1. The zero-order valence-electron chi connectivity index (χ0n) is 14.7. The zero-order chi connectivity index (χ0) is 17.1. The second-order valence-electron chi connectivity index (χ2n) is 6.06. The fourth-order valence-corrected chi connectivity index (χ4v) is 1.97. The maximum Gasteiger partial charge on any atom is 0.195 e. The Labute approximate surface area is 140 Å². The lowest BCUT2D eigenvalue weighted by atomic mass is 10.1. The SMILES string of the molecule is CCCCC[C@@H](/C=C/[C@H](O)c1ccccc1)OOC(C)(C)OC. The largest absolute Gasteiger partial charge is 0.384 e. The number of aliphatic hydroxyl groups is 1. The van der Waals surface area contributed by atoms with Gasteiger partial charge in [-0.05, 0) is 25.8 Å². The molecule has 0 aliphatic carbocycles. The van der Waals surface area contributed by atoms with Crippen molar-refractivity contribution in [2.45, 2.75) is 64.4 Å². The van der Waals surface area contributed by atoms with Crippen LogP contribution < -0.4 is 0 Å². The second kappa shape index (κ2) is 10.6. The predicted molar refractivity (Wildman–Crippen MR) is 91.7 cm³/mol. The van der Waals surface area contributed by atoms with Gasteiger partial charge in [-0.3, -0.25) is 0 Å². The van der Waals surface area contributed by atoms with E-state index in [9.17, 15) is 5.11 Å². The number of ether oxygens (including phenoxy) is 1. The molecule has 0 aliphatic rings. The fourth-order valence-electron chi connectivity index (χ4n) is 1.97. The maximum absolute atomic E-state index is 10.2. The minimum Gasteiger partial charge on any atom is -0.384 e. The first kappa shape index (κ1) is 19.8. The summed E-state index contributed by atoms with van der Waals surface area (Å²) in [6.45, 7) is 5.74. The van der Waals surface area contributed by atoms with Gasteiger partial charge in [0.1, 0.15) is 6.10 Å². The van der Waals surface area contributed by atoms with Crippen molar-refractivity contribution < 1.29 is 19.6 Å². The van der Waals surface area contributed by atoms with E-state index in [0.717, 1.165) is 31.2 Å². The van der Waals surface area contributed by atoms with Gasteiger partial charge >= 0.3 is 0 Å². The van der Waals surface area contributed by atoms with E-state index in [1.807, 2.05) is 36.4 Å². The summed E-state index contributed by atoms with van der Waals surface area (Å²) in [7, 11) is 1.57. The Morgan fingerprint density at radius 3 is 2.43 bits per heavy atom. The second-order valence-corrected chi connectivity index (χ2v) is 6.06. The molecule has 0 spiro atoms. The van der Waals surface area contributed by atoms with Crippen molar-refractivity contribution in [1.29, 1.82) is 0 Å². The number of hydrogen-bond donors (Lipinski definition) is 1. The molecule has 0 heterocycles. The van der Waals surface area contributed by atoms with E-state index in [-0.39, 0.29) is 6.10 Å². The van der Waals surface area contributed by atoms with Gasteiger partial charge in [-0.2, -0.15) is 0 Å². The van der Waals surface area contributed by atoms with Crippen LogP contribution in [0.15, 0.2) is 42.5 Å². The highest BCUT2D eigenvalue weighted by atomic mass is 17.2. The van der Waals surface area contributed by atoms with Crippen LogP contribution in [0.2, 0.25) is 0 Å². The minimum atomic E-state index is -0.797. The first-order valence-corrected chi connectivity index (χ1v) is 8.29. The molecule has 0 saturated heterocycles. The minimum absolute atomic E-state index is 0.214. The smallest absolute Gasteiger partial charge is 0.195 e. The Morgan fingerprint density at radius 2 is 1.83 bits per heavy atom. The van der Waals surface area contributed by atoms with Gasteiger partial charge in [0.05, 0.1) is 6.10 Å². The molecular formula is C19H30O4. The molecule has 1 N–H and O–H groups in total. The number of rotatable bonds is 11. The van der Waals surface area contributed by atoms with Gasteiger partial charge in [0.2, 0.25) is 0 Å². The van der Waals surface area contributed by atoms with E-state index in [2.05, 4.69) is 6.92 Å². The summed E-state index contributed by atoms with van der Waals surface area (Å²) in [4.78, 5) is 10.9. The highest BCUT2D eigenvalue weighted by Crippen LogP contribution is 2.18. The van der Waals surface area contributed by atoms with Crippen LogP contribution in [0.5, 0.6) is 0 Å². The van der Waals surface area contributed by atoms with Crippen molar-refractivity contribution in [3.05, 3.63) is 48.0 Å². The van der Waals surface area contributed by atoms with Crippen molar-refractivity contribution >= 4 is 0 Å². The average molecular weight is 322 g/mol. The summed E-state index contributed by atoms with van der Waals surface area (Å²) < 4.78 is 5.19. The quantitative estimate of drug-likeness (QED) is 0.213. The molecular weight excluding hydrogens is 292 g/mol. The highest BCUT2D eigenvalue weighted by molar-refractivity contribution is 5.21. The number of unbranched alkanes of at least 4 members (excludes halogenated alkanes) is 2. The van der Waals surface area contributed by atoms with E-state index in [4.69, 9.17) is 14.5 Å². The summed E-state index contributed by atoms with van der Waals surface area (Å²) in [5.74, 6) is -0.797. The lowest BCUT2D eigenvalue weighted by Crippen LogP contribution is -2.29. The summed E-state index contributed by atoms with van der Waals surface area (Å²) in [5.41, 5.74) is 0.856. The summed E-state index contributed by atoms with van der Waals surface area (Å²) >= 11 is 0. The van der Waals surface area contributed by atoms with Gasteiger partial charge < -0.3 is 9.84 Å². The van der Waals surface area contributed by atoms with Crippen molar-refractivity contribution in [2.24, 2.45) is 0 Å². The molecule has 4 heteroatoms. The number of hydrogen-bond acceptors (Lipinski definition) is 4. The molecule has 0 amide bonds. The summed E-state index contributed by atoms with van der Waals surface area (Å²) in [6.07, 6.45) is 6.91. The third-order valence-corrected chi connectivity index (χ3v) is 3.61. The molecule has 0 unspecified atom stereocenters. The maximum atomic E-state index is 10.2. The third kappa shape index (κ3) is 8.28. The lowest BCUT2D eigenvalue weighted by molar-refractivity contribution is -0.425. The van der Waals surface area contributed by atoms with Crippen LogP contribution in [0.3, 0.4) is 0 Å². The number of aliphatic hydroxyl groups excluding tert-OH is 1. The Bertz CT molecular complexity index is 442.